The second-order valence-corrected chi connectivity index (χ2v) is 8.12. The Morgan fingerprint density at radius 3 is 2.66 bits per heavy atom. The van der Waals surface area contributed by atoms with Gasteiger partial charge in [0.1, 0.15) is 6.33 Å². The molecule has 0 unspecified atom stereocenters. The summed E-state index contributed by atoms with van der Waals surface area (Å²) in [5.41, 5.74) is 3.84. The highest BCUT2D eigenvalue weighted by Gasteiger charge is 2.20. The number of hydrogen-bond acceptors (Lipinski definition) is 7. The molecule has 4 rings (SSSR count). The second-order valence-electron chi connectivity index (χ2n) is 8.12. The van der Waals surface area contributed by atoms with Crippen LogP contribution in [0.2, 0.25) is 0 Å². The number of rotatable bonds is 7. The summed E-state index contributed by atoms with van der Waals surface area (Å²) >= 11 is 0. The fourth-order valence-electron chi connectivity index (χ4n) is 3.98. The molecule has 1 fully saturated rings. The maximum atomic E-state index is 11.4. The Morgan fingerprint density at radius 1 is 1.06 bits per heavy atom. The van der Waals surface area contributed by atoms with Gasteiger partial charge in [0.25, 0.3) is 0 Å². The normalized spacial score (nSPS) is 16.4. The summed E-state index contributed by atoms with van der Waals surface area (Å²) in [4.78, 5) is 27.0. The van der Waals surface area contributed by atoms with Crippen LogP contribution in [-0.4, -0.2) is 44.9 Å². The molecular weight excluding hydrogens is 402 g/mol. The van der Waals surface area contributed by atoms with Gasteiger partial charge in [-0.05, 0) is 49.6 Å². The Kier molecular flexibility index (Phi) is 6.91. The summed E-state index contributed by atoms with van der Waals surface area (Å²) < 4.78 is 0. The molecule has 1 aromatic heterocycles. The van der Waals surface area contributed by atoms with Crippen molar-refractivity contribution in [3.8, 4) is 0 Å². The maximum Gasteiger partial charge on any atom is 0.232 e. The van der Waals surface area contributed by atoms with Gasteiger partial charge in [-0.1, -0.05) is 36.4 Å². The molecular formula is C24H29N7O. The van der Waals surface area contributed by atoms with Gasteiger partial charge >= 0.3 is 0 Å². The Bertz CT molecular complexity index is 1060. The number of carbonyl (C=O) groups is 1. The molecule has 3 aromatic rings. The average molecular weight is 432 g/mol. The van der Waals surface area contributed by atoms with Crippen LogP contribution in [0, 0.1) is 6.92 Å². The quantitative estimate of drug-likeness (QED) is 0.521. The van der Waals surface area contributed by atoms with Crippen molar-refractivity contribution >= 4 is 29.2 Å². The van der Waals surface area contributed by atoms with Crippen LogP contribution in [0.25, 0.3) is 0 Å². The van der Waals surface area contributed by atoms with Crippen molar-refractivity contribution in [2.24, 2.45) is 0 Å². The van der Waals surface area contributed by atoms with Crippen LogP contribution in [0.4, 0.5) is 23.3 Å². The van der Waals surface area contributed by atoms with E-state index >= 15 is 0 Å². The minimum absolute atomic E-state index is 0.106. The van der Waals surface area contributed by atoms with E-state index in [0.29, 0.717) is 11.9 Å². The van der Waals surface area contributed by atoms with Crippen LogP contribution < -0.4 is 16.0 Å². The topological polar surface area (TPSA) is 95.1 Å². The van der Waals surface area contributed by atoms with Crippen LogP contribution in [0.5, 0.6) is 0 Å². The smallest absolute Gasteiger partial charge is 0.232 e. The van der Waals surface area contributed by atoms with E-state index in [9.17, 15) is 4.79 Å². The Hall–Kier alpha value is -3.52. The number of benzene rings is 2. The van der Waals surface area contributed by atoms with Crippen molar-refractivity contribution in [2.75, 3.05) is 29.0 Å². The SMILES string of the molecule is CC(=O)Nc1cccc(Nc2ncnc(N[C@@H]3CCCN(Cc4ccccc4)C3)n2)c1C. The number of likely N-dealkylation sites (tertiary alicyclic amines) is 1. The zero-order chi connectivity index (χ0) is 22.3. The van der Waals surface area contributed by atoms with E-state index in [4.69, 9.17) is 0 Å². The number of aromatic nitrogens is 3. The molecule has 1 amide bonds. The van der Waals surface area contributed by atoms with Crippen LogP contribution in [0.3, 0.4) is 0 Å². The van der Waals surface area contributed by atoms with Crippen molar-refractivity contribution in [1.29, 1.82) is 0 Å². The molecule has 2 heterocycles. The lowest BCUT2D eigenvalue weighted by molar-refractivity contribution is -0.114. The molecule has 2 aromatic carbocycles. The molecule has 8 nitrogen and oxygen atoms in total. The number of hydrogen-bond donors (Lipinski definition) is 3. The third-order valence-corrected chi connectivity index (χ3v) is 5.55. The molecule has 0 bridgehead atoms. The molecule has 0 aliphatic carbocycles. The van der Waals surface area contributed by atoms with Gasteiger partial charge in [0.2, 0.25) is 17.8 Å². The number of amides is 1. The summed E-state index contributed by atoms with van der Waals surface area (Å²) in [5.74, 6) is 0.915. The van der Waals surface area contributed by atoms with Crippen molar-refractivity contribution in [3.05, 3.63) is 66.0 Å². The van der Waals surface area contributed by atoms with Gasteiger partial charge < -0.3 is 16.0 Å². The number of piperidine rings is 1. The van der Waals surface area contributed by atoms with E-state index in [0.717, 1.165) is 49.4 Å². The van der Waals surface area contributed by atoms with Crippen LogP contribution >= 0.6 is 0 Å². The highest BCUT2D eigenvalue weighted by molar-refractivity contribution is 5.90. The molecule has 1 aliphatic heterocycles. The van der Waals surface area contributed by atoms with Crippen molar-refractivity contribution in [1.82, 2.24) is 19.9 Å². The Morgan fingerprint density at radius 2 is 1.84 bits per heavy atom. The lowest BCUT2D eigenvalue weighted by atomic mass is 10.0. The van der Waals surface area contributed by atoms with Gasteiger partial charge in [-0.15, -0.1) is 0 Å². The zero-order valence-corrected chi connectivity index (χ0v) is 18.5. The predicted octanol–water partition coefficient (Wildman–Crippen LogP) is 3.96. The number of nitrogens with zero attached hydrogens (tertiary/aromatic N) is 4. The summed E-state index contributed by atoms with van der Waals surface area (Å²) in [6, 6.07) is 16.5. The summed E-state index contributed by atoms with van der Waals surface area (Å²) in [6.45, 7) is 6.43. The van der Waals surface area contributed by atoms with Crippen LogP contribution in [0.15, 0.2) is 54.9 Å². The molecule has 1 aliphatic rings. The fraction of sp³-hybridized carbons (Fsp3) is 0.333. The number of anilines is 4. The average Bonchev–Trinajstić information content (AvgIpc) is 2.77. The maximum absolute atomic E-state index is 11.4. The zero-order valence-electron chi connectivity index (χ0n) is 18.5. The van der Waals surface area contributed by atoms with Gasteiger partial charge in [-0.2, -0.15) is 4.98 Å². The monoisotopic (exact) mass is 431 g/mol. The van der Waals surface area contributed by atoms with E-state index < -0.39 is 0 Å². The molecule has 8 heteroatoms. The number of carbonyl (C=O) groups excluding carboxylic acids is 1. The van der Waals surface area contributed by atoms with Gasteiger partial charge in [0.05, 0.1) is 0 Å². The van der Waals surface area contributed by atoms with Crippen molar-refractivity contribution < 1.29 is 4.79 Å². The third kappa shape index (κ3) is 5.79. The Balaban J connectivity index is 1.39. The predicted molar refractivity (Wildman–Crippen MR) is 127 cm³/mol. The number of nitrogens with one attached hydrogen (secondary N) is 3. The Labute approximate surface area is 188 Å². The molecule has 1 atom stereocenters. The molecule has 0 saturated carbocycles. The van der Waals surface area contributed by atoms with Crippen LogP contribution in [0.1, 0.15) is 30.9 Å². The minimum atomic E-state index is -0.106. The van der Waals surface area contributed by atoms with Gasteiger partial charge in [-0.3, -0.25) is 9.69 Å². The van der Waals surface area contributed by atoms with Gasteiger partial charge in [0.15, 0.2) is 0 Å². The van der Waals surface area contributed by atoms with E-state index in [1.807, 2.05) is 31.2 Å². The van der Waals surface area contributed by atoms with Crippen LogP contribution in [-0.2, 0) is 11.3 Å². The van der Waals surface area contributed by atoms with Gasteiger partial charge in [-0.25, -0.2) is 9.97 Å². The third-order valence-electron chi connectivity index (χ3n) is 5.55. The summed E-state index contributed by atoms with van der Waals surface area (Å²) in [6.07, 6.45) is 3.72. The first-order chi connectivity index (χ1) is 15.6. The highest BCUT2D eigenvalue weighted by Crippen LogP contribution is 2.25. The highest BCUT2D eigenvalue weighted by atomic mass is 16.1. The largest absolute Gasteiger partial charge is 0.350 e. The molecule has 0 radical (unpaired) electrons. The van der Waals surface area contributed by atoms with E-state index in [-0.39, 0.29) is 11.9 Å². The first kappa shape index (κ1) is 21.7. The molecule has 0 spiro atoms. The van der Waals surface area contributed by atoms with Gasteiger partial charge in [0, 0.05) is 37.4 Å². The standard InChI is InChI=1S/C24H29N7O/c1-17-21(27-18(2)32)11-6-12-22(17)29-24-26-16-25-23(30-24)28-20-10-7-13-31(15-20)14-19-8-4-3-5-9-19/h3-6,8-9,11-12,16,20H,7,10,13-15H2,1-2H3,(H,27,32)(H2,25,26,28,29,30)/t20-/m1/s1. The molecule has 3 N–H and O–H groups in total. The van der Waals surface area contributed by atoms with E-state index in [1.54, 1.807) is 0 Å². The minimum Gasteiger partial charge on any atom is -0.350 e. The van der Waals surface area contributed by atoms with E-state index in [2.05, 4.69) is 60.1 Å². The van der Waals surface area contributed by atoms with Crippen molar-refractivity contribution in [3.63, 3.8) is 0 Å². The summed E-state index contributed by atoms with van der Waals surface area (Å²) in [5, 5.41) is 9.55. The lowest BCUT2D eigenvalue weighted by Gasteiger charge is -2.33. The van der Waals surface area contributed by atoms with E-state index in [1.165, 1.54) is 18.8 Å². The lowest BCUT2D eigenvalue weighted by Crippen LogP contribution is -2.41. The molecule has 32 heavy (non-hydrogen) atoms. The molecule has 1 saturated heterocycles. The first-order valence-corrected chi connectivity index (χ1v) is 10.9. The summed E-state index contributed by atoms with van der Waals surface area (Å²) in [7, 11) is 0. The fourth-order valence-corrected chi connectivity index (χ4v) is 3.98. The van der Waals surface area contributed by atoms with Crippen molar-refractivity contribution in [2.45, 2.75) is 39.3 Å². The second kappa shape index (κ2) is 10.2. The molecule has 166 valence electrons. The first-order valence-electron chi connectivity index (χ1n) is 10.9.